The molecular formula is C19H30N4O2. The van der Waals surface area contributed by atoms with Crippen molar-refractivity contribution in [3.63, 3.8) is 0 Å². The van der Waals surface area contributed by atoms with Crippen LogP contribution in [0.5, 0.6) is 5.75 Å². The van der Waals surface area contributed by atoms with Crippen molar-refractivity contribution < 1.29 is 9.84 Å². The number of ether oxygens (including phenoxy) is 1. The van der Waals surface area contributed by atoms with Crippen LogP contribution < -0.4 is 20.3 Å². The molecule has 2 aliphatic rings. The van der Waals surface area contributed by atoms with E-state index in [0.29, 0.717) is 12.6 Å². The van der Waals surface area contributed by atoms with Crippen LogP contribution in [0.25, 0.3) is 0 Å². The number of nitrogens with one attached hydrogen (secondary N) is 2. The topological polar surface area (TPSA) is 69.1 Å². The predicted octanol–water partition coefficient (Wildman–Crippen LogP) is 1.60. The first kappa shape index (κ1) is 17.9. The van der Waals surface area contributed by atoms with Gasteiger partial charge in [-0.15, -0.1) is 0 Å². The maximum absolute atomic E-state index is 9.47. The molecule has 138 valence electrons. The van der Waals surface area contributed by atoms with Crippen molar-refractivity contribution >= 4 is 11.6 Å². The Balaban J connectivity index is 1.59. The number of benzene rings is 1. The lowest BCUT2D eigenvalue weighted by molar-refractivity contribution is 0.217. The molecule has 1 unspecified atom stereocenters. The summed E-state index contributed by atoms with van der Waals surface area (Å²) in [4.78, 5) is 7.06. The van der Waals surface area contributed by atoms with Crippen LogP contribution in [0, 0.1) is 5.41 Å². The van der Waals surface area contributed by atoms with Gasteiger partial charge in [0, 0.05) is 31.1 Å². The second-order valence-corrected chi connectivity index (χ2v) is 7.10. The van der Waals surface area contributed by atoms with Gasteiger partial charge in [0.1, 0.15) is 5.75 Å². The van der Waals surface area contributed by atoms with Gasteiger partial charge in [-0.25, -0.2) is 0 Å². The molecule has 1 aliphatic carbocycles. The minimum atomic E-state index is 0.0431. The molecule has 1 aliphatic heterocycles. The largest absolute Gasteiger partial charge is 0.495 e. The maximum atomic E-state index is 9.47. The van der Waals surface area contributed by atoms with Gasteiger partial charge in [0.2, 0.25) is 0 Å². The normalized spacial score (nSPS) is 22.0. The third-order valence-corrected chi connectivity index (χ3v) is 5.16. The number of anilines is 1. The number of rotatable bonds is 7. The Kier molecular flexibility index (Phi) is 5.68. The van der Waals surface area contributed by atoms with E-state index in [9.17, 15) is 5.11 Å². The molecule has 0 spiro atoms. The highest BCUT2D eigenvalue weighted by molar-refractivity contribution is 5.80. The van der Waals surface area contributed by atoms with Crippen LogP contribution in [0.15, 0.2) is 29.3 Å². The second-order valence-electron chi connectivity index (χ2n) is 7.10. The molecule has 1 atom stereocenters. The third-order valence-electron chi connectivity index (χ3n) is 5.16. The Labute approximate surface area is 150 Å². The van der Waals surface area contributed by atoms with Crippen LogP contribution in [0.4, 0.5) is 5.69 Å². The molecule has 0 radical (unpaired) electrons. The lowest BCUT2D eigenvalue weighted by Gasteiger charge is -2.22. The fourth-order valence-corrected chi connectivity index (χ4v) is 3.29. The molecule has 0 bridgehead atoms. The number of hydrogen-bond donors (Lipinski definition) is 3. The molecule has 0 amide bonds. The number of guanidine groups is 1. The van der Waals surface area contributed by atoms with Crippen LogP contribution >= 0.6 is 0 Å². The van der Waals surface area contributed by atoms with Crippen molar-refractivity contribution in [3.05, 3.63) is 24.3 Å². The number of methoxy groups -OCH3 is 1. The van der Waals surface area contributed by atoms with E-state index < -0.39 is 0 Å². The Morgan fingerprint density at radius 3 is 2.88 bits per heavy atom. The molecular weight excluding hydrogens is 316 g/mol. The van der Waals surface area contributed by atoms with Gasteiger partial charge in [-0.2, -0.15) is 0 Å². The summed E-state index contributed by atoms with van der Waals surface area (Å²) in [5, 5.41) is 16.3. The highest BCUT2D eigenvalue weighted by Gasteiger charge is 2.41. The lowest BCUT2D eigenvalue weighted by atomic mass is 10.1. The molecule has 6 nitrogen and oxygen atoms in total. The molecule has 6 heteroatoms. The number of nitrogens with zero attached hydrogens (tertiary/aromatic N) is 2. The van der Waals surface area contributed by atoms with Gasteiger partial charge in [-0.3, -0.25) is 4.99 Å². The van der Waals surface area contributed by atoms with Crippen LogP contribution in [-0.2, 0) is 0 Å². The average molecular weight is 346 g/mol. The molecule has 3 rings (SSSR count). The van der Waals surface area contributed by atoms with Crippen LogP contribution in [0.3, 0.4) is 0 Å². The summed E-state index contributed by atoms with van der Waals surface area (Å²) < 4.78 is 5.49. The molecule has 0 aromatic heterocycles. The van der Waals surface area contributed by atoms with Crippen LogP contribution in [0.2, 0.25) is 0 Å². The van der Waals surface area contributed by atoms with Gasteiger partial charge in [-0.1, -0.05) is 12.1 Å². The van der Waals surface area contributed by atoms with Crippen LogP contribution in [0.1, 0.15) is 26.2 Å². The molecule has 1 saturated carbocycles. The minimum Gasteiger partial charge on any atom is -0.495 e. The molecule has 1 heterocycles. The Morgan fingerprint density at radius 2 is 2.20 bits per heavy atom. The van der Waals surface area contributed by atoms with Gasteiger partial charge in [0.25, 0.3) is 0 Å². The quantitative estimate of drug-likeness (QED) is 0.517. The first-order chi connectivity index (χ1) is 12.2. The van der Waals surface area contributed by atoms with Gasteiger partial charge in [0.15, 0.2) is 5.96 Å². The summed E-state index contributed by atoms with van der Waals surface area (Å²) in [6.45, 7) is 5.77. The fourth-order valence-electron chi connectivity index (χ4n) is 3.29. The Morgan fingerprint density at radius 1 is 1.40 bits per heavy atom. The standard InChI is InChI=1S/C19H30N4O2/c1-3-20-18(21-13-19(14-24)9-10-19)22-15-8-11-23(12-15)16-6-4-5-7-17(16)25-2/h4-7,15,24H,3,8-14H2,1-2H3,(H2,20,21,22). The predicted molar refractivity (Wildman–Crippen MR) is 101 cm³/mol. The van der Waals surface area contributed by atoms with Crippen molar-refractivity contribution in [1.29, 1.82) is 0 Å². The molecule has 1 aromatic carbocycles. The summed E-state index contributed by atoms with van der Waals surface area (Å²) >= 11 is 0. The summed E-state index contributed by atoms with van der Waals surface area (Å²) in [6.07, 6.45) is 3.22. The first-order valence-corrected chi connectivity index (χ1v) is 9.23. The highest BCUT2D eigenvalue weighted by atomic mass is 16.5. The second kappa shape index (κ2) is 7.95. The van der Waals surface area contributed by atoms with E-state index in [1.54, 1.807) is 7.11 Å². The van der Waals surface area contributed by atoms with E-state index >= 15 is 0 Å². The Bertz CT molecular complexity index is 601. The van der Waals surface area contributed by atoms with Crippen molar-refractivity contribution in [2.24, 2.45) is 10.4 Å². The first-order valence-electron chi connectivity index (χ1n) is 9.23. The summed E-state index contributed by atoms with van der Waals surface area (Å²) in [5.74, 6) is 1.77. The molecule has 3 N–H and O–H groups in total. The smallest absolute Gasteiger partial charge is 0.191 e. The van der Waals surface area contributed by atoms with Gasteiger partial charge in [0.05, 0.1) is 25.9 Å². The number of para-hydroxylation sites is 2. The third kappa shape index (κ3) is 4.37. The molecule has 1 saturated heterocycles. The van der Waals surface area contributed by atoms with Crippen molar-refractivity contribution in [1.82, 2.24) is 10.6 Å². The lowest BCUT2D eigenvalue weighted by Crippen LogP contribution is -2.45. The average Bonchev–Trinajstić information content (AvgIpc) is 3.29. The zero-order valence-electron chi connectivity index (χ0n) is 15.3. The highest BCUT2D eigenvalue weighted by Crippen LogP contribution is 2.45. The van der Waals surface area contributed by atoms with Gasteiger partial charge in [-0.05, 0) is 38.3 Å². The van der Waals surface area contributed by atoms with E-state index in [2.05, 4.69) is 28.5 Å². The van der Waals surface area contributed by atoms with Gasteiger partial charge < -0.3 is 25.4 Å². The zero-order valence-corrected chi connectivity index (χ0v) is 15.3. The van der Waals surface area contributed by atoms with Crippen molar-refractivity contribution in [2.45, 2.75) is 32.2 Å². The monoisotopic (exact) mass is 346 g/mol. The van der Waals surface area contributed by atoms with E-state index in [1.165, 1.54) is 0 Å². The summed E-state index contributed by atoms with van der Waals surface area (Å²) in [7, 11) is 1.72. The van der Waals surface area contributed by atoms with E-state index in [-0.39, 0.29) is 12.0 Å². The fraction of sp³-hybridized carbons (Fsp3) is 0.632. The molecule has 25 heavy (non-hydrogen) atoms. The minimum absolute atomic E-state index is 0.0431. The van der Waals surface area contributed by atoms with E-state index in [1.807, 2.05) is 18.2 Å². The zero-order chi connectivity index (χ0) is 17.7. The maximum Gasteiger partial charge on any atom is 0.191 e. The SMILES string of the molecule is CCNC(=NCC1(CO)CC1)NC1CCN(c2ccccc2OC)C1. The molecule has 2 fully saturated rings. The number of aliphatic hydroxyl groups is 1. The molecule has 1 aromatic rings. The number of hydrogen-bond acceptors (Lipinski definition) is 4. The van der Waals surface area contributed by atoms with Crippen molar-refractivity contribution in [3.8, 4) is 5.75 Å². The van der Waals surface area contributed by atoms with Crippen molar-refractivity contribution in [2.75, 3.05) is 44.8 Å². The summed E-state index contributed by atoms with van der Waals surface area (Å²) in [5.41, 5.74) is 1.19. The van der Waals surface area contributed by atoms with Crippen LogP contribution in [-0.4, -0.2) is 57.0 Å². The summed E-state index contributed by atoms with van der Waals surface area (Å²) in [6, 6.07) is 8.52. The number of aliphatic imine (C=N–C) groups is 1. The Hall–Kier alpha value is -1.95. The number of aliphatic hydroxyl groups excluding tert-OH is 1. The van der Waals surface area contributed by atoms with E-state index in [0.717, 1.165) is 56.3 Å². The van der Waals surface area contributed by atoms with Gasteiger partial charge >= 0.3 is 0 Å². The van der Waals surface area contributed by atoms with E-state index in [4.69, 9.17) is 9.73 Å².